The molecule has 0 spiro atoms. The van der Waals surface area contributed by atoms with Crippen LogP contribution in [-0.4, -0.2) is 27.7 Å². The van der Waals surface area contributed by atoms with Gasteiger partial charge in [0.15, 0.2) is 11.6 Å². The van der Waals surface area contributed by atoms with Crippen LogP contribution < -0.4 is 5.32 Å². The minimum Gasteiger partial charge on any atom is -0.508 e. The quantitative estimate of drug-likeness (QED) is 0.313. The molecule has 1 aliphatic rings. The van der Waals surface area contributed by atoms with Gasteiger partial charge in [-0.05, 0) is 24.3 Å². The third-order valence-electron chi connectivity index (χ3n) is 2.42. The Morgan fingerprint density at radius 1 is 1.11 bits per heavy atom. The van der Waals surface area contributed by atoms with E-state index in [9.17, 15) is 24.6 Å². The van der Waals surface area contributed by atoms with Gasteiger partial charge >= 0.3 is 0 Å². The van der Waals surface area contributed by atoms with Gasteiger partial charge in [0, 0.05) is 12.1 Å². The Bertz CT molecular complexity index is 642. The van der Waals surface area contributed by atoms with Crippen molar-refractivity contribution < 1.29 is 24.6 Å². The Labute approximate surface area is 107 Å². The van der Waals surface area contributed by atoms with Crippen LogP contribution in [0.5, 0.6) is 11.5 Å². The van der Waals surface area contributed by atoms with Crippen LogP contribution in [0, 0.1) is 0 Å². The average Bonchev–Trinajstić information content (AvgIpc) is 2.36. The topological polar surface area (TPSA) is 104 Å². The number of hydrogen-bond acceptors (Lipinski definition) is 5. The van der Waals surface area contributed by atoms with Crippen LogP contribution >= 0.6 is 0 Å². The summed E-state index contributed by atoms with van der Waals surface area (Å²) >= 11 is 0. The van der Waals surface area contributed by atoms with Crippen LogP contribution in [0.15, 0.2) is 42.0 Å². The van der Waals surface area contributed by atoms with Gasteiger partial charge in [0.05, 0.1) is 11.3 Å². The number of amides is 1. The maximum Gasteiger partial charge on any atom is 0.259 e. The second-order valence-electron chi connectivity index (χ2n) is 3.81. The molecule has 0 bridgehead atoms. The summed E-state index contributed by atoms with van der Waals surface area (Å²) in [6.45, 7) is 0. The largest absolute Gasteiger partial charge is 0.508 e. The molecule has 0 fully saturated rings. The molecular weight excluding hydrogens is 250 g/mol. The van der Waals surface area contributed by atoms with Crippen molar-refractivity contribution in [2.75, 3.05) is 5.32 Å². The van der Waals surface area contributed by atoms with Crippen LogP contribution in [0.4, 0.5) is 5.69 Å². The molecule has 96 valence electrons. The lowest BCUT2D eigenvalue weighted by Gasteiger charge is -2.09. The van der Waals surface area contributed by atoms with E-state index in [0.717, 1.165) is 24.3 Å². The van der Waals surface area contributed by atoms with Crippen molar-refractivity contribution >= 4 is 23.2 Å². The molecule has 2 rings (SSSR count). The highest BCUT2D eigenvalue weighted by Crippen LogP contribution is 2.27. The molecule has 3 N–H and O–H groups in total. The van der Waals surface area contributed by atoms with Gasteiger partial charge in [0.1, 0.15) is 11.5 Å². The van der Waals surface area contributed by atoms with E-state index in [0.29, 0.717) is 0 Å². The van der Waals surface area contributed by atoms with E-state index >= 15 is 0 Å². The molecule has 6 heteroatoms. The third-order valence-corrected chi connectivity index (χ3v) is 2.42. The molecule has 6 nitrogen and oxygen atoms in total. The molecule has 0 radical (unpaired) electrons. The van der Waals surface area contributed by atoms with Crippen LogP contribution in [0.1, 0.15) is 0 Å². The SMILES string of the molecule is O=C1C=CC(=O)C(C(=O)Nc2cc(O)ccc2O)=C1. The molecule has 0 atom stereocenters. The molecule has 0 saturated carbocycles. The van der Waals surface area contributed by atoms with E-state index in [1.54, 1.807) is 0 Å². The van der Waals surface area contributed by atoms with Crippen molar-refractivity contribution in [2.45, 2.75) is 0 Å². The molecule has 1 aromatic carbocycles. The first-order valence-corrected chi connectivity index (χ1v) is 5.29. The highest BCUT2D eigenvalue weighted by molar-refractivity contribution is 6.32. The van der Waals surface area contributed by atoms with Crippen molar-refractivity contribution in [3.8, 4) is 11.5 Å². The summed E-state index contributed by atoms with van der Waals surface area (Å²) in [7, 11) is 0. The normalized spacial score (nSPS) is 14.2. The van der Waals surface area contributed by atoms with Gasteiger partial charge in [-0.3, -0.25) is 14.4 Å². The van der Waals surface area contributed by atoms with Crippen LogP contribution in [0.2, 0.25) is 0 Å². The van der Waals surface area contributed by atoms with E-state index in [2.05, 4.69) is 5.32 Å². The van der Waals surface area contributed by atoms with Gasteiger partial charge in [0.2, 0.25) is 0 Å². The Hall–Kier alpha value is -2.89. The number of nitrogens with one attached hydrogen (secondary N) is 1. The van der Waals surface area contributed by atoms with Crippen molar-refractivity contribution in [2.24, 2.45) is 0 Å². The van der Waals surface area contributed by atoms with Crippen LogP contribution in [0.25, 0.3) is 0 Å². The fraction of sp³-hybridized carbons (Fsp3) is 0. The van der Waals surface area contributed by atoms with Gasteiger partial charge in [-0.15, -0.1) is 0 Å². The fourth-order valence-corrected chi connectivity index (χ4v) is 1.50. The first-order chi connectivity index (χ1) is 8.97. The van der Waals surface area contributed by atoms with E-state index in [1.807, 2.05) is 0 Å². The van der Waals surface area contributed by atoms with Gasteiger partial charge in [-0.2, -0.15) is 0 Å². The first-order valence-electron chi connectivity index (χ1n) is 5.29. The van der Waals surface area contributed by atoms with Gasteiger partial charge in [-0.1, -0.05) is 0 Å². The number of rotatable bonds is 2. The number of phenols is 2. The predicted octanol–water partition coefficient (Wildman–Crippen LogP) is 0.671. The van der Waals surface area contributed by atoms with Crippen LogP contribution in [-0.2, 0) is 14.4 Å². The smallest absolute Gasteiger partial charge is 0.259 e. The summed E-state index contributed by atoms with van der Waals surface area (Å²) in [5.41, 5.74) is -0.379. The van der Waals surface area contributed by atoms with E-state index in [1.165, 1.54) is 12.1 Å². The number of phenolic OH excluding ortho intramolecular Hbond substituents is 2. The van der Waals surface area contributed by atoms with Gasteiger partial charge in [0.25, 0.3) is 5.91 Å². The second kappa shape index (κ2) is 4.77. The second-order valence-corrected chi connectivity index (χ2v) is 3.81. The number of benzene rings is 1. The molecular formula is C13H9NO5. The fourth-order valence-electron chi connectivity index (χ4n) is 1.50. The number of carbonyl (C=O) groups excluding carboxylic acids is 3. The van der Waals surface area contributed by atoms with Crippen molar-refractivity contribution in [3.63, 3.8) is 0 Å². The Kier molecular flexibility index (Phi) is 3.15. The molecule has 0 aliphatic heterocycles. The molecule has 1 aliphatic carbocycles. The van der Waals surface area contributed by atoms with E-state index < -0.39 is 17.5 Å². The summed E-state index contributed by atoms with van der Waals surface area (Å²) in [6.07, 6.45) is 2.97. The third kappa shape index (κ3) is 2.68. The first kappa shape index (κ1) is 12.6. The zero-order valence-electron chi connectivity index (χ0n) is 9.58. The Morgan fingerprint density at radius 2 is 1.84 bits per heavy atom. The van der Waals surface area contributed by atoms with Gasteiger partial charge in [-0.25, -0.2) is 0 Å². The molecule has 0 saturated heterocycles. The minimum absolute atomic E-state index is 0.0549. The highest BCUT2D eigenvalue weighted by Gasteiger charge is 2.21. The summed E-state index contributed by atoms with van der Waals surface area (Å²) in [5, 5.41) is 21.0. The Balaban J connectivity index is 2.24. The summed E-state index contributed by atoms with van der Waals surface area (Å²) in [4.78, 5) is 34.4. The summed E-state index contributed by atoms with van der Waals surface area (Å²) in [6, 6.07) is 3.55. The zero-order chi connectivity index (χ0) is 14.0. The number of aromatic hydroxyl groups is 2. The van der Waals surface area contributed by atoms with E-state index in [-0.39, 0.29) is 22.8 Å². The molecule has 1 aromatic rings. The Morgan fingerprint density at radius 3 is 2.58 bits per heavy atom. The molecule has 0 heterocycles. The lowest BCUT2D eigenvalue weighted by Crippen LogP contribution is -2.22. The molecule has 19 heavy (non-hydrogen) atoms. The summed E-state index contributed by atoms with van der Waals surface area (Å²) in [5.74, 6) is -2.32. The molecule has 1 amide bonds. The monoisotopic (exact) mass is 259 g/mol. The lowest BCUT2D eigenvalue weighted by molar-refractivity contribution is -0.119. The van der Waals surface area contributed by atoms with Gasteiger partial charge < -0.3 is 15.5 Å². The van der Waals surface area contributed by atoms with Crippen molar-refractivity contribution in [3.05, 3.63) is 42.0 Å². The lowest BCUT2D eigenvalue weighted by atomic mass is 10.0. The van der Waals surface area contributed by atoms with Crippen molar-refractivity contribution in [1.82, 2.24) is 0 Å². The van der Waals surface area contributed by atoms with Crippen molar-refractivity contribution in [1.29, 1.82) is 0 Å². The molecule has 0 unspecified atom stereocenters. The highest BCUT2D eigenvalue weighted by atomic mass is 16.3. The number of hydrogen-bond donors (Lipinski definition) is 3. The average molecular weight is 259 g/mol. The summed E-state index contributed by atoms with van der Waals surface area (Å²) < 4.78 is 0. The number of carbonyl (C=O) groups is 3. The molecule has 0 aromatic heterocycles. The standard InChI is InChI=1S/C13H9NO5/c15-7-1-3-11(17)9(5-7)13(19)14-10-6-8(16)2-4-12(10)18/h1-6,16,18H,(H,14,19). The van der Waals surface area contributed by atoms with E-state index in [4.69, 9.17) is 0 Å². The minimum atomic E-state index is -0.830. The predicted molar refractivity (Wildman–Crippen MR) is 65.6 cm³/mol. The maximum atomic E-state index is 11.8. The number of anilines is 1. The number of allylic oxidation sites excluding steroid dienone is 3. The number of ketones is 2. The maximum absolute atomic E-state index is 11.8. The zero-order valence-corrected chi connectivity index (χ0v) is 9.58. The van der Waals surface area contributed by atoms with Crippen LogP contribution in [0.3, 0.4) is 0 Å².